The molecule has 0 saturated carbocycles. The van der Waals surface area contributed by atoms with Crippen LogP contribution in [0.15, 0.2) is 54.9 Å². The summed E-state index contributed by atoms with van der Waals surface area (Å²) in [5.41, 5.74) is 2.88. The number of hydrogen-bond acceptors (Lipinski definition) is 2. The minimum Gasteiger partial charge on any atom is -0.355 e. The Morgan fingerprint density at radius 2 is 1.96 bits per heavy atom. The number of rotatable bonds is 6. The van der Waals surface area contributed by atoms with Crippen LogP contribution in [0.1, 0.15) is 31.0 Å². The number of carbonyl (C=O) groups is 1. The van der Waals surface area contributed by atoms with Crippen molar-refractivity contribution in [2.45, 2.75) is 26.2 Å². The van der Waals surface area contributed by atoms with E-state index in [1.807, 2.05) is 59.3 Å². The standard InChI is InChI=1S/C20H22ClN3O/c1-14(2)19(15-6-8-16(21)9-7-15)20(25)22-11-10-17-13-24-12-4-3-5-18(24)23-17/h3-9,12-14,19H,10-11H2,1-2H3,(H,22,25). The summed E-state index contributed by atoms with van der Waals surface area (Å²) in [4.78, 5) is 17.2. The summed E-state index contributed by atoms with van der Waals surface area (Å²) >= 11 is 5.95. The van der Waals surface area contributed by atoms with Gasteiger partial charge >= 0.3 is 0 Å². The predicted molar refractivity (Wildman–Crippen MR) is 101 cm³/mol. The third kappa shape index (κ3) is 4.20. The number of amides is 1. The van der Waals surface area contributed by atoms with Crippen LogP contribution in [0.3, 0.4) is 0 Å². The van der Waals surface area contributed by atoms with Crippen molar-refractivity contribution in [2.24, 2.45) is 5.92 Å². The van der Waals surface area contributed by atoms with Crippen LogP contribution >= 0.6 is 11.6 Å². The second-order valence-electron chi connectivity index (χ2n) is 6.51. The van der Waals surface area contributed by atoms with Crippen LogP contribution in [-0.4, -0.2) is 21.8 Å². The highest BCUT2D eigenvalue weighted by Crippen LogP contribution is 2.26. The molecule has 2 heterocycles. The van der Waals surface area contributed by atoms with Gasteiger partial charge in [0.25, 0.3) is 0 Å². The highest BCUT2D eigenvalue weighted by molar-refractivity contribution is 6.30. The number of aromatic nitrogens is 2. The molecule has 3 aromatic rings. The molecule has 0 spiro atoms. The molecule has 0 aliphatic carbocycles. The molecule has 0 saturated heterocycles. The van der Waals surface area contributed by atoms with Crippen LogP contribution in [0.5, 0.6) is 0 Å². The maximum Gasteiger partial charge on any atom is 0.227 e. The van der Waals surface area contributed by atoms with Crippen molar-refractivity contribution in [2.75, 3.05) is 6.54 Å². The minimum absolute atomic E-state index is 0.0427. The van der Waals surface area contributed by atoms with E-state index in [0.29, 0.717) is 18.0 Å². The number of fused-ring (bicyclic) bond motifs is 1. The summed E-state index contributed by atoms with van der Waals surface area (Å²) < 4.78 is 1.99. The van der Waals surface area contributed by atoms with Crippen LogP contribution in [0.4, 0.5) is 0 Å². The third-order valence-electron chi connectivity index (χ3n) is 4.27. The lowest BCUT2D eigenvalue weighted by Gasteiger charge is -2.20. The summed E-state index contributed by atoms with van der Waals surface area (Å²) in [6.07, 6.45) is 4.68. The van der Waals surface area contributed by atoms with Crippen molar-refractivity contribution in [1.29, 1.82) is 0 Å². The van der Waals surface area contributed by atoms with Gasteiger partial charge < -0.3 is 9.72 Å². The molecule has 3 rings (SSSR count). The molecule has 0 aliphatic rings. The largest absolute Gasteiger partial charge is 0.355 e. The van der Waals surface area contributed by atoms with Gasteiger partial charge in [-0.15, -0.1) is 0 Å². The summed E-state index contributed by atoms with van der Waals surface area (Å²) in [5, 5.41) is 3.73. The molecule has 1 amide bonds. The average molecular weight is 356 g/mol. The number of benzene rings is 1. The van der Waals surface area contributed by atoms with Crippen LogP contribution in [0, 0.1) is 5.92 Å². The van der Waals surface area contributed by atoms with Crippen LogP contribution < -0.4 is 5.32 Å². The second-order valence-corrected chi connectivity index (χ2v) is 6.95. The van der Waals surface area contributed by atoms with Gasteiger partial charge in [0.05, 0.1) is 11.6 Å². The molecule has 0 fully saturated rings. The Bertz CT molecular complexity index is 822. The van der Waals surface area contributed by atoms with Gasteiger partial charge in [0.15, 0.2) is 0 Å². The minimum atomic E-state index is -0.182. The Balaban J connectivity index is 1.62. The molecule has 2 aromatic heterocycles. The van der Waals surface area contributed by atoms with E-state index in [2.05, 4.69) is 24.1 Å². The predicted octanol–water partition coefficient (Wildman–Crippen LogP) is 4.09. The molecule has 1 atom stereocenters. The van der Waals surface area contributed by atoms with Crippen molar-refractivity contribution < 1.29 is 4.79 Å². The van der Waals surface area contributed by atoms with Crippen LogP contribution in [0.2, 0.25) is 5.02 Å². The Morgan fingerprint density at radius 1 is 1.20 bits per heavy atom. The number of nitrogens with zero attached hydrogens (tertiary/aromatic N) is 2. The fraction of sp³-hybridized carbons (Fsp3) is 0.300. The Morgan fingerprint density at radius 3 is 2.64 bits per heavy atom. The number of nitrogens with one attached hydrogen (secondary N) is 1. The van der Waals surface area contributed by atoms with Crippen molar-refractivity contribution in [3.8, 4) is 0 Å². The topological polar surface area (TPSA) is 46.4 Å². The van der Waals surface area contributed by atoms with Crippen LogP contribution in [-0.2, 0) is 11.2 Å². The third-order valence-corrected chi connectivity index (χ3v) is 4.52. The maximum absolute atomic E-state index is 12.7. The summed E-state index contributed by atoms with van der Waals surface area (Å²) in [7, 11) is 0. The number of halogens is 1. The zero-order valence-corrected chi connectivity index (χ0v) is 15.2. The van der Waals surface area contributed by atoms with Crippen molar-refractivity contribution in [3.05, 3.63) is 71.1 Å². The summed E-state index contributed by atoms with van der Waals surface area (Å²) in [6.45, 7) is 4.68. The van der Waals surface area contributed by atoms with Gasteiger partial charge in [0.2, 0.25) is 5.91 Å². The number of carbonyl (C=O) groups excluding carboxylic acids is 1. The molecule has 5 heteroatoms. The first kappa shape index (κ1) is 17.5. The highest BCUT2D eigenvalue weighted by Gasteiger charge is 2.23. The van der Waals surface area contributed by atoms with E-state index in [4.69, 9.17) is 11.6 Å². The van der Waals surface area contributed by atoms with Gasteiger partial charge in [-0.2, -0.15) is 0 Å². The van der Waals surface area contributed by atoms with Crippen molar-refractivity contribution >= 4 is 23.2 Å². The Labute approximate surface area is 152 Å². The first-order valence-corrected chi connectivity index (χ1v) is 8.88. The highest BCUT2D eigenvalue weighted by atomic mass is 35.5. The molecule has 0 radical (unpaired) electrons. The normalized spacial score (nSPS) is 12.5. The molecule has 1 aromatic carbocycles. The van der Waals surface area contributed by atoms with Gasteiger partial charge in [0.1, 0.15) is 5.65 Å². The lowest BCUT2D eigenvalue weighted by atomic mass is 9.87. The fourth-order valence-electron chi connectivity index (χ4n) is 3.04. The van der Waals surface area contributed by atoms with E-state index < -0.39 is 0 Å². The number of pyridine rings is 1. The maximum atomic E-state index is 12.7. The Hall–Kier alpha value is -2.33. The molecule has 130 valence electrons. The van der Waals surface area contributed by atoms with Gasteiger partial charge in [0, 0.05) is 30.4 Å². The van der Waals surface area contributed by atoms with Gasteiger partial charge in [-0.1, -0.05) is 43.6 Å². The molecule has 0 bridgehead atoms. The molecule has 25 heavy (non-hydrogen) atoms. The monoisotopic (exact) mass is 355 g/mol. The molecular weight excluding hydrogens is 334 g/mol. The van der Waals surface area contributed by atoms with Crippen molar-refractivity contribution in [3.63, 3.8) is 0 Å². The lowest BCUT2D eigenvalue weighted by Crippen LogP contribution is -2.33. The summed E-state index contributed by atoms with van der Waals surface area (Å²) in [5.74, 6) is 0.0655. The second kappa shape index (κ2) is 7.70. The molecule has 4 nitrogen and oxygen atoms in total. The van der Waals surface area contributed by atoms with E-state index in [1.165, 1.54) is 0 Å². The first-order valence-electron chi connectivity index (χ1n) is 8.50. The van der Waals surface area contributed by atoms with Gasteiger partial charge in [-0.3, -0.25) is 4.79 Å². The molecule has 0 aliphatic heterocycles. The van der Waals surface area contributed by atoms with Gasteiger partial charge in [-0.05, 0) is 35.7 Å². The summed E-state index contributed by atoms with van der Waals surface area (Å²) in [6, 6.07) is 13.4. The number of imidazole rings is 1. The fourth-order valence-corrected chi connectivity index (χ4v) is 3.17. The van der Waals surface area contributed by atoms with E-state index in [-0.39, 0.29) is 17.7 Å². The van der Waals surface area contributed by atoms with Crippen molar-refractivity contribution in [1.82, 2.24) is 14.7 Å². The van der Waals surface area contributed by atoms with E-state index in [0.717, 1.165) is 16.9 Å². The quantitative estimate of drug-likeness (QED) is 0.724. The SMILES string of the molecule is CC(C)C(C(=O)NCCc1cn2ccccc2n1)c1ccc(Cl)cc1. The first-order chi connectivity index (χ1) is 12.0. The zero-order chi connectivity index (χ0) is 17.8. The van der Waals surface area contributed by atoms with E-state index in [1.54, 1.807) is 0 Å². The van der Waals surface area contributed by atoms with Crippen LogP contribution in [0.25, 0.3) is 5.65 Å². The van der Waals surface area contributed by atoms with Gasteiger partial charge in [-0.25, -0.2) is 4.98 Å². The molecular formula is C20H22ClN3O. The smallest absolute Gasteiger partial charge is 0.227 e. The molecule has 1 unspecified atom stereocenters. The van der Waals surface area contributed by atoms with E-state index in [9.17, 15) is 4.79 Å². The van der Waals surface area contributed by atoms with E-state index >= 15 is 0 Å². The lowest BCUT2D eigenvalue weighted by molar-refractivity contribution is -0.123. The zero-order valence-electron chi connectivity index (χ0n) is 14.4. The number of hydrogen-bond donors (Lipinski definition) is 1. The average Bonchev–Trinajstić information content (AvgIpc) is 2.99. The Kier molecular flexibility index (Phi) is 5.39. The molecule has 1 N–H and O–H groups in total.